The minimum absolute atomic E-state index is 0.00698. The highest BCUT2D eigenvalue weighted by Crippen LogP contribution is 2.35. The van der Waals surface area contributed by atoms with Crippen LogP contribution >= 0.6 is 11.8 Å². The van der Waals surface area contributed by atoms with Crippen molar-refractivity contribution >= 4 is 35.5 Å². The van der Waals surface area contributed by atoms with Crippen molar-refractivity contribution < 1.29 is 88.5 Å². The van der Waals surface area contributed by atoms with Gasteiger partial charge in [0.25, 0.3) is 0 Å². The van der Waals surface area contributed by atoms with Crippen molar-refractivity contribution in [2.45, 2.75) is 181 Å². The van der Waals surface area contributed by atoms with Gasteiger partial charge in [0.15, 0.2) is 18.9 Å². The molecule has 5 aliphatic rings. The number of ether oxygens (including phenoxy) is 6. The summed E-state index contributed by atoms with van der Waals surface area (Å²) in [6.07, 6.45) is -16.3. The molecule has 63 heavy (non-hydrogen) atoms. The molecule has 5 aliphatic heterocycles. The van der Waals surface area contributed by atoms with Gasteiger partial charge < -0.3 is 95.9 Å². The molecular formula is C39H67N5O18S. The summed E-state index contributed by atoms with van der Waals surface area (Å²) in [6, 6.07) is -1.08. The molecule has 18 atom stereocenters. The van der Waals surface area contributed by atoms with Crippen LogP contribution in [-0.2, 0) is 42.8 Å². The maximum absolute atomic E-state index is 12.6. The minimum Gasteiger partial charge on any atom is -0.394 e. The number of unbranched alkanes of at least 4 members (excludes halogenated alkanes) is 3. The number of carbonyl (C=O) groups excluding carboxylic acids is 4. The van der Waals surface area contributed by atoms with Crippen LogP contribution in [0.4, 0.5) is 4.79 Å². The Morgan fingerprint density at radius 2 is 1.32 bits per heavy atom. The van der Waals surface area contributed by atoms with E-state index in [1.165, 1.54) is 13.8 Å². The largest absolute Gasteiger partial charge is 0.394 e. The number of aliphatic hydroxyl groups excluding tert-OH is 8. The summed E-state index contributed by atoms with van der Waals surface area (Å²) >= 11 is 1.86. The Hall–Kier alpha value is -2.53. The molecule has 0 saturated carbocycles. The number of carbonyl (C=O) groups is 4. The van der Waals surface area contributed by atoms with Crippen molar-refractivity contribution in [2.24, 2.45) is 0 Å². The van der Waals surface area contributed by atoms with E-state index in [0.717, 1.165) is 37.9 Å². The van der Waals surface area contributed by atoms with Crippen molar-refractivity contribution in [3.05, 3.63) is 0 Å². The molecule has 5 rings (SSSR count). The third-order valence-electron chi connectivity index (χ3n) is 11.8. The number of hydrogen-bond acceptors (Lipinski definition) is 19. The molecule has 0 radical (unpaired) electrons. The molecule has 0 aliphatic carbocycles. The van der Waals surface area contributed by atoms with Crippen molar-refractivity contribution in [3.8, 4) is 0 Å². The third-order valence-corrected chi connectivity index (χ3v) is 13.4. The summed E-state index contributed by atoms with van der Waals surface area (Å²) in [6.45, 7) is 1.74. The average Bonchev–Trinajstić information content (AvgIpc) is 3.81. The van der Waals surface area contributed by atoms with E-state index in [-0.39, 0.29) is 55.9 Å². The van der Waals surface area contributed by atoms with Crippen LogP contribution in [0.25, 0.3) is 0 Å². The van der Waals surface area contributed by atoms with E-state index in [2.05, 4.69) is 26.6 Å². The molecule has 5 heterocycles. The summed E-state index contributed by atoms with van der Waals surface area (Å²) in [4.78, 5) is 48.9. The van der Waals surface area contributed by atoms with Crippen LogP contribution in [0.15, 0.2) is 0 Å². The van der Waals surface area contributed by atoms with Gasteiger partial charge in [-0.2, -0.15) is 11.8 Å². The zero-order valence-corrected chi connectivity index (χ0v) is 36.4. The van der Waals surface area contributed by atoms with Crippen molar-refractivity contribution in [2.75, 3.05) is 38.7 Å². The predicted molar refractivity (Wildman–Crippen MR) is 218 cm³/mol. The van der Waals surface area contributed by atoms with Gasteiger partial charge in [0.05, 0.1) is 38.0 Å². The lowest BCUT2D eigenvalue weighted by molar-refractivity contribution is -0.373. The molecule has 5 fully saturated rings. The SMILES string of the molecule is CC(=O)NC1C(OCCCNC(=O)CCCCCNC(=O)CCCC[C@@H]2SC[C@@H]3NC(=O)N[C@@H]32)OC(CO)C(OC2OC(C)C(O)C(O)C2O)C1OC1OC(CO)C(O)C(O)C1O. The molecule has 0 aromatic rings. The minimum atomic E-state index is -1.90. The van der Waals surface area contributed by atoms with Gasteiger partial charge in [-0.05, 0) is 39.0 Å². The van der Waals surface area contributed by atoms with Gasteiger partial charge in [-0.25, -0.2) is 4.79 Å². The summed E-state index contributed by atoms with van der Waals surface area (Å²) in [5.74, 6) is 0.104. The summed E-state index contributed by atoms with van der Waals surface area (Å²) in [5, 5.41) is 97.9. The molecule has 5 amide bonds. The molecule has 5 saturated heterocycles. The Kier molecular flexibility index (Phi) is 20.3. The number of amides is 5. The van der Waals surface area contributed by atoms with Gasteiger partial charge >= 0.3 is 6.03 Å². The molecule has 0 aromatic carbocycles. The Morgan fingerprint density at radius 3 is 1.98 bits per heavy atom. The highest BCUT2D eigenvalue weighted by Gasteiger charge is 2.55. The van der Waals surface area contributed by atoms with E-state index in [0.29, 0.717) is 24.6 Å². The first-order chi connectivity index (χ1) is 30.1. The molecule has 23 nitrogen and oxygen atoms in total. The molecule has 0 spiro atoms. The van der Waals surface area contributed by atoms with Gasteiger partial charge in [0.1, 0.15) is 67.1 Å². The Balaban J connectivity index is 1.06. The van der Waals surface area contributed by atoms with Crippen LogP contribution in [0.3, 0.4) is 0 Å². The van der Waals surface area contributed by atoms with Crippen molar-refractivity contribution in [1.29, 1.82) is 0 Å². The monoisotopic (exact) mass is 925 g/mol. The van der Waals surface area contributed by atoms with Crippen molar-refractivity contribution in [3.63, 3.8) is 0 Å². The topological polar surface area (TPSA) is 346 Å². The fourth-order valence-electron chi connectivity index (χ4n) is 8.29. The number of urea groups is 1. The Morgan fingerprint density at radius 1 is 0.714 bits per heavy atom. The van der Waals surface area contributed by atoms with Crippen molar-refractivity contribution in [1.82, 2.24) is 26.6 Å². The van der Waals surface area contributed by atoms with Crippen LogP contribution in [-0.4, -0.2) is 213 Å². The highest BCUT2D eigenvalue weighted by atomic mass is 32.2. The lowest BCUT2D eigenvalue weighted by Crippen LogP contribution is -2.69. The first-order valence-corrected chi connectivity index (χ1v) is 22.9. The van der Waals surface area contributed by atoms with E-state index in [1.807, 2.05) is 11.8 Å². The Bertz CT molecular complexity index is 1480. The number of nitrogens with one attached hydrogen (secondary N) is 5. The van der Waals surface area contributed by atoms with Crippen LogP contribution in [0, 0.1) is 0 Å². The molecule has 362 valence electrons. The smallest absolute Gasteiger partial charge is 0.315 e. The van der Waals surface area contributed by atoms with E-state index in [4.69, 9.17) is 28.4 Å². The molecule has 0 bridgehead atoms. The van der Waals surface area contributed by atoms with Gasteiger partial charge in [-0.15, -0.1) is 0 Å². The van der Waals surface area contributed by atoms with E-state index in [9.17, 15) is 60.0 Å². The van der Waals surface area contributed by atoms with Crippen LogP contribution in [0.2, 0.25) is 0 Å². The standard InChI is InChI=1S/C39H67N5O18S/c1-18-28(50)30(52)32(54)37(58-18)61-34-22(16-46)60-36(27(42-19(2)47)35(34)62-38-33(55)31(53)29(51)21(15-45)59-38)57-14-8-13-41-24(48)10-4-3-7-12-40-25(49)11-6-5-9-23-26-20(17-63-23)43-39(56)44-26/h18,20-23,26-38,45-46,50-55H,3-17H2,1-2H3,(H,40,49)(H,41,48)(H,42,47)(H2,43,44,56)/t18?,20-,21?,22?,23-,26-,27?,28?,29?,30?,31?,32?,33?,34?,35?,36?,37?,38?/m0/s1. The number of thioether (sulfide) groups is 1. The number of fused-ring (bicyclic) bond motifs is 1. The van der Waals surface area contributed by atoms with Crippen LogP contribution in [0.5, 0.6) is 0 Å². The van der Waals surface area contributed by atoms with Gasteiger partial charge in [-0.1, -0.05) is 12.8 Å². The molecule has 24 heteroatoms. The average molecular weight is 926 g/mol. The molecule has 15 unspecified atom stereocenters. The number of hydrogen-bond donors (Lipinski definition) is 13. The zero-order chi connectivity index (χ0) is 45.8. The fourth-order valence-corrected chi connectivity index (χ4v) is 9.83. The first kappa shape index (κ1) is 51.5. The predicted octanol–water partition coefficient (Wildman–Crippen LogP) is -4.47. The second kappa shape index (κ2) is 24.8. The zero-order valence-electron chi connectivity index (χ0n) is 35.6. The summed E-state index contributed by atoms with van der Waals surface area (Å²) in [7, 11) is 0. The van der Waals surface area contributed by atoms with Crippen LogP contribution in [0.1, 0.15) is 71.6 Å². The quantitative estimate of drug-likeness (QED) is 0.0339. The number of rotatable bonds is 23. The highest BCUT2D eigenvalue weighted by molar-refractivity contribution is 8.00. The lowest BCUT2D eigenvalue weighted by atomic mass is 9.94. The second-order valence-electron chi connectivity index (χ2n) is 16.6. The van der Waals surface area contributed by atoms with Gasteiger partial charge in [0.2, 0.25) is 17.7 Å². The summed E-state index contributed by atoms with van der Waals surface area (Å²) in [5.41, 5.74) is 0. The fraction of sp³-hybridized carbons (Fsp3) is 0.897. The molecular weight excluding hydrogens is 859 g/mol. The normalized spacial score (nSPS) is 38.9. The van der Waals surface area contributed by atoms with Gasteiger partial charge in [-0.3, -0.25) is 14.4 Å². The van der Waals surface area contributed by atoms with Gasteiger partial charge in [0, 0.05) is 43.9 Å². The molecule has 13 N–H and O–H groups in total. The van der Waals surface area contributed by atoms with E-state index >= 15 is 0 Å². The molecule has 0 aromatic heterocycles. The third kappa shape index (κ3) is 14.0. The maximum Gasteiger partial charge on any atom is 0.315 e. The number of aliphatic hydroxyl groups is 8. The van der Waals surface area contributed by atoms with E-state index < -0.39 is 111 Å². The van der Waals surface area contributed by atoms with Crippen LogP contribution < -0.4 is 26.6 Å². The second-order valence-corrected chi connectivity index (χ2v) is 17.9. The maximum atomic E-state index is 12.6. The van der Waals surface area contributed by atoms with E-state index in [1.54, 1.807) is 0 Å². The first-order valence-electron chi connectivity index (χ1n) is 21.8. The lowest BCUT2D eigenvalue weighted by Gasteiger charge is -2.50. The Labute approximate surface area is 369 Å². The summed E-state index contributed by atoms with van der Waals surface area (Å²) < 4.78 is 35.3.